The lowest BCUT2D eigenvalue weighted by Gasteiger charge is -2.27. The lowest BCUT2D eigenvalue weighted by atomic mass is 9.84. The molecule has 2 aromatic rings. The summed E-state index contributed by atoms with van der Waals surface area (Å²) in [5.41, 5.74) is 7.68. The van der Waals surface area contributed by atoms with Crippen molar-refractivity contribution in [3.8, 4) is 0 Å². The zero-order chi connectivity index (χ0) is 13.2. The number of amides is 1. The van der Waals surface area contributed by atoms with Gasteiger partial charge in [0.15, 0.2) is 0 Å². The van der Waals surface area contributed by atoms with Gasteiger partial charge in [0, 0.05) is 11.4 Å². The number of nitrogens with zero attached hydrogens (tertiary/aromatic N) is 1. The van der Waals surface area contributed by atoms with Crippen LogP contribution in [0.5, 0.6) is 0 Å². The maximum Gasteiger partial charge on any atom is 0.229 e. The van der Waals surface area contributed by atoms with Crippen molar-refractivity contribution >= 4 is 22.5 Å². The molecule has 1 aromatic heterocycles. The number of hydrogen-bond donors (Lipinski definition) is 3. The van der Waals surface area contributed by atoms with Gasteiger partial charge in [-0.05, 0) is 18.9 Å². The quantitative estimate of drug-likeness (QED) is 0.770. The van der Waals surface area contributed by atoms with Gasteiger partial charge in [0.1, 0.15) is 0 Å². The Morgan fingerprint density at radius 1 is 1.37 bits per heavy atom. The number of carbonyl (C=O) groups is 1. The molecule has 1 fully saturated rings. The van der Waals surface area contributed by atoms with E-state index >= 15 is 0 Å². The fourth-order valence-electron chi connectivity index (χ4n) is 2.78. The van der Waals surface area contributed by atoms with E-state index in [1.165, 1.54) is 0 Å². The van der Waals surface area contributed by atoms with Gasteiger partial charge in [0.2, 0.25) is 5.91 Å². The van der Waals surface area contributed by atoms with Gasteiger partial charge in [-0.2, -0.15) is 5.10 Å². The summed E-state index contributed by atoms with van der Waals surface area (Å²) in [5, 5.41) is 10.9. The predicted octanol–water partition coefficient (Wildman–Crippen LogP) is 2.02. The van der Waals surface area contributed by atoms with Crippen LogP contribution in [0.1, 0.15) is 25.7 Å². The first kappa shape index (κ1) is 12.2. The van der Waals surface area contributed by atoms with E-state index in [1.54, 1.807) is 6.20 Å². The van der Waals surface area contributed by atoms with Crippen LogP contribution in [0.25, 0.3) is 10.9 Å². The summed E-state index contributed by atoms with van der Waals surface area (Å²) in [6.45, 7) is 0. The van der Waals surface area contributed by atoms with E-state index in [0.29, 0.717) is 0 Å². The molecular weight excluding hydrogens is 240 g/mol. The predicted molar refractivity (Wildman–Crippen MR) is 74.7 cm³/mol. The van der Waals surface area contributed by atoms with Crippen LogP contribution in [-0.4, -0.2) is 22.1 Å². The molecule has 1 saturated carbocycles. The van der Waals surface area contributed by atoms with E-state index in [1.807, 2.05) is 18.2 Å². The Bertz CT molecular complexity index is 592. The molecule has 4 N–H and O–H groups in total. The van der Waals surface area contributed by atoms with Crippen LogP contribution in [0.15, 0.2) is 24.4 Å². The number of aromatic amines is 1. The highest BCUT2D eigenvalue weighted by Gasteiger charge is 2.28. The van der Waals surface area contributed by atoms with Crippen molar-refractivity contribution in [3.05, 3.63) is 24.4 Å². The Kier molecular flexibility index (Phi) is 3.21. The molecule has 100 valence electrons. The molecule has 0 saturated heterocycles. The largest absolute Gasteiger partial charge is 0.327 e. The molecule has 5 nitrogen and oxygen atoms in total. The summed E-state index contributed by atoms with van der Waals surface area (Å²) in [6.07, 6.45) is 5.77. The van der Waals surface area contributed by atoms with E-state index in [2.05, 4.69) is 15.5 Å². The third-order valence-corrected chi connectivity index (χ3v) is 3.89. The third-order valence-electron chi connectivity index (χ3n) is 3.89. The van der Waals surface area contributed by atoms with Crippen molar-refractivity contribution in [2.24, 2.45) is 11.7 Å². The number of para-hydroxylation sites is 1. The Balaban J connectivity index is 1.80. The Hall–Kier alpha value is -1.88. The highest BCUT2D eigenvalue weighted by molar-refractivity contribution is 6.01. The Morgan fingerprint density at radius 3 is 3.05 bits per heavy atom. The minimum absolute atomic E-state index is 0.0188. The first-order valence-corrected chi connectivity index (χ1v) is 6.74. The molecule has 3 rings (SSSR count). The van der Waals surface area contributed by atoms with Gasteiger partial charge >= 0.3 is 0 Å². The average molecular weight is 258 g/mol. The number of aromatic nitrogens is 2. The number of benzene rings is 1. The van der Waals surface area contributed by atoms with Crippen molar-refractivity contribution in [1.82, 2.24) is 10.2 Å². The first-order valence-electron chi connectivity index (χ1n) is 6.74. The summed E-state index contributed by atoms with van der Waals surface area (Å²) in [7, 11) is 0. The van der Waals surface area contributed by atoms with Crippen LogP contribution in [0.3, 0.4) is 0 Å². The fourth-order valence-corrected chi connectivity index (χ4v) is 2.78. The zero-order valence-electron chi connectivity index (χ0n) is 10.7. The number of rotatable bonds is 2. The van der Waals surface area contributed by atoms with Gasteiger partial charge in [0.25, 0.3) is 0 Å². The van der Waals surface area contributed by atoms with Crippen LogP contribution >= 0.6 is 0 Å². The van der Waals surface area contributed by atoms with E-state index in [-0.39, 0.29) is 17.9 Å². The minimum Gasteiger partial charge on any atom is -0.327 e. The lowest BCUT2D eigenvalue weighted by Crippen LogP contribution is -2.40. The summed E-state index contributed by atoms with van der Waals surface area (Å²) in [4.78, 5) is 12.3. The molecule has 0 spiro atoms. The van der Waals surface area contributed by atoms with Gasteiger partial charge in [-0.15, -0.1) is 0 Å². The fraction of sp³-hybridized carbons (Fsp3) is 0.429. The van der Waals surface area contributed by atoms with Crippen molar-refractivity contribution in [2.75, 3.05) is 5.32 Å². The molecule has 0 radical (unpaired) electrons. The molecule has 1 amide bonds. The summed E-state index contributed by atoms with van der Waals surface area (Å²) >= 11 is 0. The van der Waals surface area contributed by atoms with Gasteiger partial charge < -0.3 is 11.1 Å². The lowest BCUT2D eigenvalue weighted by molar-refractivity contribution is -0.121. The Labute approximate surface area is 111 Å². The molecule has 0 bridgehead atoms. The monoisotopic (exact) mass is 258 g/mol. The van der Waals surface area contributed by atoms with Crippen molar-refractivity contribution in [2.45, 2.75) is 31.7 Å². The van der Waals surface area contributed by atoms with Crippen LogP contribution in [-0.2, 0) is 4.79 Å². The minimum atomic E-state index is -0.0769. The van der Waals surface area contributed by atoms with Crippen LogP contribution in [0.2, 0.25) is 0 Å². The van der Waals surface area contributed by atoms with Gasteiger partial charge in [-0.1, -0.05) is 25.0 Å². The maximum atomic E-state index is 12.3. The van der Waals surface area contributed by atoms with E-state index < -0.39 is 0 Å². The van der Waals surface area contributed by atoms with Gasteiger partial charge in [-0.25, -0.2) is 0 Å². The first-order chi connectivity index (χ1) is 9.25. The molecular formula is C14H18N4O. The number of nitrogens with one attached hydrogen (secondary N) is 2. The number of carbonyl (C=O) groups excluding carboxylic acids is 1. The average Bonchev–Trinajstić information content (AvgIpc) is 2.88. The standard InChI is InChI=1S/C14H18N4O/c15-11-6-2-1-5-10(11)14(19)17-12-7-3-4-9-8-16-18-13(9)12/h3-4,7-8,10-11H,1-2,5-6,15H2,(H,16,18)(H,17,19). The second-order valence-electron chi connectivity index (χ2n) is 5.18. The summed E-state index contributed by atoms with van der Waals surface area (Å²) in [6, 6.07) is 5.73. The third kappa shape index (κ3) is 2.33. The summed E-state index contributed by atoms with van der Waals surface area (Å²) < 4.78 is 0. The highest BCUT2D eigenvalue weighted by Crippen LogP contribution is 2.26. The molecule has 2 atom stereocenters. The molecule has 19 heavy (non-hydrogen) atoms. The maximum absolute atomic E-state index is 12.3. The number of anilines is 1. The SMILES string of the molecule is NC1CCCCC1C(=O)Nc1cccc2cn[nH]c12. The molecule has 5 heteroatoms. The number of H-pyrrole nitrogens is 1. The zero-order valence-corrected chi connectivity index (χ0v) is 10.7. The second kappa shape index (κ2) is 5.01. The van der Waals surface area contributed by atoms with Gasteiger partial charge in [-0.3, -0.25) is 9.89 Å². The van der Waals surface area contributed by atoms with Crippen LogP contribution < -0.4 is 11.1 Å². The summed E-state index contributed by atoms with van der Waals surface area (Å²) in [5.74, 6) is -0.0544. The molecule has 0 aliphatic heterocycles. The second-order valence-corrected chi connectivity index (χ2v) is 5.18. The number of nitrogens with two attached hydrogens (primary N) is 1. The number of fused-ring (bicyclic) bond motifs is 1. The molecule has 1 aliphatic rings. The topological polar surface area (TPSA) is 83.8 Å². The van der Waals surface area contributed by atoms with Crippen LogP contribution in [0, 0.1) is 5.92 Å². The van der Waals surface area contributed by atoms with E-state index in [0.717, 1.165) is 42.3 Å². The molecule has 1 heterocycles. The molecule has 2 unspecified atom stereocenters. The van der Waals surface area contributed by atoms with Crippen LogP contribution in [0.4, 0.5) is 5.69 Å². The number of hydrogen-bond acceptors (Lipinski definition) is 3. The highest BCUT2D eigenvalue weighted by atomic mass is 16.1. The van der Waals surface area contributed by atoms with Crippen molar-refractivity contribution < 1.29 is 4.79 Å². The van der Waals surface area contributed by atoms with Crippen molar-refractivity contribution in [3.63, 3.8) is 0 Å². The van der Waals surface area contributed by atoms with Crippen molar-refractivity contribution in [1.29, 1.82) is 0 Å². The molecule has 1 aliphatic carbocycles. The molecule has 1 aromatic carbocycles. The van der Waals surface area contributed by atoms with E-state index in [9.17, 15) is 4.79 Å². The smallest absolute Gasteiger partial charge is 0.229 e. The Morgan fingerprint density at radius 2 is 2.21 bits per heavy atom. The van der Waals surface area contributed by atoms with Gasteiger partial charge in [0.05, 0.1) is 23.3 Å². The van der Waals surface area contributed by atoms with E-state index in [4.69, 9.17) is 5.73 Å². The normalized spacial score (nSPS) is 23.4.